The number of hydrogen-bond donors (Lipinski definition) is 1. The molecule has 1 N–H and O–H groups in total. The monoisotopic (exact) mass is 416 g/mol. The van der Waals surface area contributed by atoms with Gasteiger partial charge in [0.05, 0.1) is 16.7 Å². The van der Waals surface area contributed by atoms with Crippen molar-refractivity contribution in [1.82, 2.24) is 0 Å². The SMILES string of the molecule is O=C(CS[C@H]1CC(=O)N(c2ccccc2)C1=O)Nc1ccc(-c2ccccc2)cc1. The van der Waals surface area contributed by atoms with E-state index in [1.807, 2.05) is 60.7 Å². The van der Waals surface area contributed by atoms with Gasteiger partial charge in [-0.3, -0.25) is 14.4 Å². The molecule has 1 aliphatic heterocycles. The number of carbonyl (C=O) groups excluding carboxylic acids is 3. The fraction of sp³-hybridized carbons (Fsp3) is 0.125. The first-order chi connectivity index (χ1) is 14.6. The molecular weight excluding hydrogens is 396 g/mol. The molecule has 3 amide bonds. The maximum atomic E-state index is 12.6. The second-order valence-corrected chi connectivity index (χ2v) is 8.09. The Labute approximate surface area is 179 Å². The Balaban J connectivity index is 1.32. The van der Waals surface area contributed by atoms with E-state index in [0.717, 1.165) is 11.1 Å². The maximum absolute atomic E-state index is 12.6. The van der Waals surface area contributed by atoms with Gasteiger partial charge in [0.15, 0.2) is 0 Å². The van der Waals surface area contributed by atoms with Crippen LogP contribution in [-0.2, 0) is 14.4 Å². The van der Waals surface area contributed by atoms with E-state index in [1.54, 1.807) is 24.3 Å². The van der Waals surface area contributed by atoms with Crippen molar-refractivity contribution in [3.05, 3.63) is 84.9 Å². The van der Waals surface area contributed by atoms with Crippen molar-refractivity contribution < 1.29 is 14.4 Å². The largest absolute Gasteiger partial charge is 0.325 e. The molecular formula is C24H20N2O3S. The van der Waals surface area contributed by atoms with Gasteiger partial charge in [0.25, 0.3) is 0 Å². The Morgan fingerprint density at radius 3 is 2.13 bits per heavy atom. The second kappa shape index (κ2) is 8.97. The van der Waals surface area contributed by atoms with E-state index < -0.39 is 5.25 Å². The highest BCUT2D eigenvalue weighted by atomic mass is 32.2. The van der Waals surface area contributed by atoms with Crippen LogP contribution in [0.25, 0.3) is 11.1 Å². The van der Waals surface area contributed by atoms with Gasteiger partial charge < -0.3 is 5.32 Å². The molecule has 1 aliphatic rings. The van der Waals surface area contributed by atoms with Crippen LogP contribution in [-0.4, -0.2) is 28.7 Å². The lowest BCUT2D eigenvalue weighted by atomic mass is 10.1. The van der Waals surface area contributed by atoms with Crippen molar-refractivity contribution in [2.45, 2.75) is 11.7 Å². The molecule has 0 unspecified atom stereocenters. The Kier molecular flexibility index (Phi) is 5.95. The van der Waals surface area contributed by atoms with Crippen LogP contribution < -0.4 is 10.2 Å². The smallest absolute Gasteiger partial charge is 0.247 e. The molecule has 4 rings (SSSR count). The van der Waals surface area contributed by atoms with Gasteiger partial charge in [-0.2, -0.15) is 0 Å². The number of carbonyl (C=O) groups is 3. The zero-order valence-corrected chi connectivity index (χ0v) is 17.0. The minimum atomic E-state index is -0.538. The first kappa shape index (κ1) is 19.9. The summed E-state index contributed by atoms with van der Waals surface area (Å²) in [7, 11) is 0. The normalized spacial score (nSPS) is 16.0. The molecule has 0 bridgehead atoms. The number of hydrogen-bond acceptors (Lipinski definition) is 4. The van der Waals surface area contributed by atoms with Crippen molar-refractivity contribution >= 4 is 40.9 Å². The minimum Gasteiger partial charge on any atom is -0.325 e. The second-order valence-electron chi connectivity index (χ2n) is 6.90. The molecule has 0 spiro atoms. The molecule has 0 aliphatic carbocycles. The van der Waals surface area contributed by atoms with Gasteiger partial charge in [-0.1, -0.05) is 60.7 Å². The Morgan fingerprint density at radius 1 is 0.867 bits per heavy atom. The van der Waals surface area contributed by atoms with Crippen LogP contribution in [0, 0.1) is 0 Å². The lowest BCUT2D eigenvalue weighted by molar-refractivity contribution is -0.121. The van der Waals surface area contributed by atoms with Crippen LogP contribution in [0.4, 0.5) is 11.4 Å². The predicted octanol–water partition coefficient (Wildman–Crippen LogP) is 4.36. The maximum Gasteiger partial charge on any atom is 0.247 e. The van der Waals surface area contributed by atoms with E-state index in [4.69, 9.17) is 0 Å². The number of thioether (sulfide) groups is 1. The lowest BCUT2D eigenvalue weighted by Crippen LogP contribution is -2.31. The Hall–Kier alpha value is -3.38. The van der Waals surface area contributed by atoms with Crippen LogP contribution >= 0.6 is 11.8 Å². The van der Waals surface area contributed by atoms with E-state index in [2.05, 4.69) is 5.32 Å². The van der Waals surface area contributed by atoms with E-state index >= 15 is 0 Å². The molecule has 0 saturated carbocycles. The first-order valence-corrected chi connectivity index (χ1v) is 10.7. The van der Waals surface area contributed by atoms with Gasteiger partial charge in [-0.05, 0) is 35.4 Å². The Bertz CT molecular complexity index is 1050. The highest BCUT2D eigenvalue weighted by Crippen LogP contribution is 2.29. The van der Waals surface area contributed by atoms with E-state index in [0.29, 0.717) is 11.4 Å². The van der Waals surface area contributed by atoms with E-state index in [1.165, 1.54) is 16.7 Å². The van der Waals surface area contributed by atoms with Crippen LogP contribution in [0.5, 0.6) is 0 Å². The summed E-state index contributed by atoms with van der Waals surface area (Å²) in [4.78, 5) is 38.4. The zero-order chi connectivity index (χ0) is 20.9. The number of amides is 3. The van der Waals surface area contributed by atoms with Crippen LogP contribution in [0.15, 0.2) is 84.9 Å². The molecule has 1 fully saturated rings. The molecule has 6 heteroatoms. The number of nitrogens with one attached hydrogen (secondary N) is 1. The van der Waals surface area contributed by atoms with Crippen molar-refractivity contribution in [3.63, 3.8) is 0 Å². The third-order valence-electron chi connectivity index (χ3n) is 4.81. The summed E-state index contributed by atoms with van der Waals surface area (Å²) in [5, 5.41) is 2.31. The lowest BCUT2D eigenvalue weighted by Gasteiger charge is -2.14. The molecule has 0 aromatic heterocycles. The highest BCUT2D eigenvalue weighted by molar-refractivity contribution is 8.01. The number of para-hydroxylation sites is 1. The third kappa shape index (κ3) is 4.44. The summed E-state index contributed by atoms with van der Waals surface area (Å²) in [5.41, 5.74) is 3.44. The van der Waals surface area contributed by atoms with E-state index in [9.17, 15) is 14.4 Å². The summed E-state index contributed by atoms with van der Waals surface area (Å²) < 4.78 is 0. The first-order valence-electron chi connectivity index (χ1n) is 9.60. The fourth-order valence-electron chi connectivity index (χ4n) is 3.33. The Morgan fingerprint density at radius 2 is 1.47 bits per heavy atom. The predicted molar refractivity (Wildman–Crippen MR) is 120 cm³/mol. The molecule has 30 heavy (non-hydrogen) atoms. The highest BCUT2D eigenvalue weighted by Gasteiger charge is 2.39. The van der Waals surface area contributed by atoms with Gasteiger partial charge >= 0.3 is 0 Å². The standard InChI is InChI=1S/C24H20N2O3S/c27-22(25-19-13-11-18(12-14-19)17-7-3-1-4-8-17)16-30-21-15-23(28)26(24(21)29)20-9-5-2-6-10-20/h1-14,21H,15-16H2,(H,25,27)/t21-/m0/s1. The van der Waals surface area contributed by atoms with Gasteiger partial charge in [-0.15, -0.1) is 11.8 Å². The van der Waals surface area contributed by atoms with Crippen molar-refractivity contribution in [2.75, 3.05) is 16.0 Å². The third-order valence-corrected chi connectivity index (χ3v) is 6.01. The van der Waals surface area contributed by atoms with Crippen molar-refractivity contribution in [1.29, 1.82) is 0 Å². The topological polar surface area (TPSA) is 66.5 Å². The molecule has 3 aromatic carbocycles. The summed E-state index contributed by atoms with van der Waals surface area (Å²) in [6.07, 6.45) is 0.109. The van der Waals surface area contributed by atoms with Crippen molar-refractivity contribution in [3.8, 4) is 11.1 Å². The number of imide groups is 1. The average molecular weight is 417 g/mol. The van der Waals surface area contributed by atoms with Gasteiger partial charge in [0.1, 0.15) is 0 Å². The summed E-state index contributed by atoms with van der Waals surface area (Å²) in [5.74, 6) is -0.602. The van der Waals surface area contributed by atoms with Crippen LogP contribution in [0.3, 0.4) is 0 Å². The summed E-state index contributed by atoms with van der Waals surface area (Å²) in [6, 6.07) is 26.5. The molecule has 150 valence electrons. The molecule has 3 aromatic rings. The molecule has 5 nitrogen and oxygen atoms in total. The summed E-state index contributed by atoms with van der Waals surface area (Å²) in [6.45, 7) is 0. The van der Waals surface area contributed by atoms with Gasteiger partial charge in [0, 0.05) is 12.1 Å². The molecule has 1 atom stereocenters. The number of benzene rings is 3. The number of rotatable bonds is 6. The summed E-state index contributed by atoms with van der Waals surface area (Å²) >= 11 is 1.20. The van der Waals surface area contributed by atoms with E-state index in [-0.39, 0.29) is 29.9 Å². The van der Waals surface area contributed by atoms with Crippen molar-refractivity contribution in [2.24, 2.45) is 0 Å². The molecule has 0 radical (unpaired) electrons. The number of anilines is 2. The minimum absolute atomic E-state index is 0.104. The average Bonchev–Trinajstić information content (AvgIpc) is 3.07. The zero-order valence-electron chi connectivity index (χ0n) is 16.2. The quantitative estimate of drug-likeness (QED) is 0.607. The van der Waals surface area contributed by atoms with Crippen LogP contribution in [0.2, 0.25) is 0 Å². The van der Waals surface area contributed by atoms with Crippen LogP contribution in [0.1, 0.15) is 6.42 Å². The molecule has 1 heterocycles. The fourth-order valence-corrected chi connectivity index (χ4v) is 4.27. The van der Waals surface area contributed by atoms with Gasteiger partial charge in [-0.25, -0.2) is 4.90 Å². The number of nitrogens with zero attached hydrogens (tertiary/aromatic N) is 1. The molecule has 1 saturated heterocycles. The van der Waals surface area contributed by atoms with Gasteiger partial charge in [0.2, 0.25) is 17.7 Å².